The Labute approximate surface area is 210 Å². The monoisotopic (exact) mass is 523 g/mol. The lowest BCUT2D eigenvalue weighted by molar-refractivity contribution is -0.120. The summed E-state index contributed by atoms with van der Waals surface area (Å²) < 4.78 is 68.7. The maximum Gasteiger partial charge on any atom is 0.281 e. The fourth-order valence-electron chi connectivity index (χ4n) is 5.01. The molecule has 1 saturated carbocycles. The maximum absolute atomic E-state index is 13.5. The molecule has 0 bridgehead atoms. The number of benzene rings is 2. The van der Waals surface area contributed by atoms with Crippen LogP contribution in [0.3, 0.4) is 0 Å². The molecule has 2 aromatic carbocycles. The highest BCUT2D eigenvalue weighted by Crippen LogP contribution is 2.44. The number of alkyl halides is 2. The number of nitrogens with one attached hydrogen (secondary N) is 2. The minimum absolute atomic E-state index is 0.138. The topological polar surface area (TPSA) is 79.7 Å². The summed E-state index contributed by atoms with van der Waals surface area (Å²) in [7, 11) is -0.677. The van der Waals surface area contributed by atoms with E-state index in [0.29, 0.717) is 30.0 Å². The van der Waals surface area contributed by atoms with Gasteiger partial charge in [0.1, 0.15) is 5.82 Å². The van der Waals surface area contributed by atoms with Crippen molar-refractivity contribution in [2.24, 2.45) is 5.92 Å². The van der Waals surface area contributed by atoms with Crippen LogP contribution in [0.5, 0.6) is 0 Å². The van der Waals surface area contributed by atoms with Crippen LogP contribution in [0.1, 0.15) is 35.6 Å². The largest absolute Gasteiger partial charge is 0.355 e. The molecule has 0 amide bonds. The van der Waals surface area contributed by atoms with Gasteiger partial charge in [-0.3, -0.25) is 4.90 Å². The van der Waals surface area contributed by atoms with Gasteiger partial charge in [0.2, 0.25) is 5.92 Å². The number of halogens is 3. The molecule has 2 fully saturated rings. The standard InChI is InChI=1S/C25H32F3N5O2S/c1-17-10-23(30-21-6-4-20(26)5-7-21)19(14-29)11-22(17)24-16-33(36(34,35)31(2)3)9-8-32(24)15-18-12-25(27,28)13-18/h4-7,10-11,14,18,24,29-30H,8-9,12-13,15-16H2,1-3H3/t24-/m1/s1. The molecule has 4 rings (SSSR count). The van der Waals surface area contributed by atoms with E-state index in [4.69, 9.17) is 5.41 Å². The van der Waals surface area contributed by atoms with Crippen LogP contribution in [0.15, 0.2) is 36.4 Å². The maximum atomic E-state index is 13.5. The Hall–Kier alpha value is -2.47. The Kier molecular flexibility index (Phi) is 7.47. The van der Waals surface area contributed by atoms with Gasteiger partial charge in [0, 0.05) is 82.3 Å². The van der Waals surface area contributed by atoms with Gasteiger partial charge < -0.3 is 10.7 Å². The summed E-state index contributed by atoms with van der Waals surface area (Å²) in [6.45, 7) is 3.27. The normalized spacial score (nSPS) is 21.4. The summed E-state index contributed by atoms with van der Waals surface area (Å²) in [5.74, 6) is -3.10. The summed E-state index contributed by atoms with van der Waals surface area (Å²) in [6.07, 6.45) is 0.908. The van der Waals surface area contributed by atoms with E-state index in [1.165, 1.54) is 41.1 Å². The average molecular weight is 524 g/mol. The quantitative estimate of drug-likeness (QED) is 0.503. The first kappa shape index (κ1) is 26.6. The predicted molar refractivity (Wildman–Crippen MR) is 135 cm³/mol. The fraction of sp³-hybridized carbons (Fsp3) is 0.480. The third-order valence-corrected chi connectivity index (χ3v) is 8.89. The zero-order valence-electron chi connectivity index (χ0n) is 20.6. The molecule has 36 heavy (non-hydrogen) atoms. The molecule has 1 atom stereocenters. The second-order valence-corrected chi connectivity index (χ2v) is 12.0. The molecule has 196 valence electrons. The molecule has 0 radical (unpaired) electrons. The van der Waals surface area contributed by atoms with Crippen LogP contribution >= 0.6 is 0 Å². The van der Waals surface area contributed by atoms with E-state index < -0.39 is 16.1 Å². The van der Waals surface area contributed by atoms with Crippen LogP contribution in [-0.2, 0) is 10.2 Å². The van der Waals surface area contributed by atoms with Gasteiger partial charge >= 0.3 is 0 Å². The van der Waals surface area contributed by atoms with Crippen molar-refractivity contribution in [1.82, 2.24) is 13.5 Å². The summed E-state index contributed by atoms with van der Waals surface area (Å²) in [6, 6.07) is 9.29. The molecule has 0 unspecified atom stereocenters. The second-order valence-electron chi connectivity index (χ2n) is 9.86. The molecule has 1 aliphatic heterocycles. The van der Waals surface area contributed by atoms with Gasteiger partial charge in [-0.15, -0.1) is 0 Å². The summed E-state index contributed by atoms with van der Waals surface area (Å²) in [5, 5.41) is 11.2. The lowest BCUT2D eigenvalue weighted by Gasteiger charge is -2.46. The van der Waals surface area contributed by atoms with E-state index in [9.17, 15) is 21.6 Å². The van der Waals surface area contributed by atoms with Crippen molar-refractivity contribution in [2.45, 2.75) is 31.7 Å². The molecule has 2 N–H and O–H groups in total. The van der Waals surface area contributed by atoms with E-state index in [-0.39, 0.29) is 43.7 Å². The van der Waals surface area contributed by atoms with Crippen LogP contribution in [0.4, 0.5) is 24.5 Å². The Bertz CT molecular complexity index is 1210. The summed E-state index contributed by atoms with van der Waals surface area (Å²) in [5.41, 5.74) is 3.64. The Morgan fingerprint density at radius 3 is 2.42 bits per heavy atom. The van der Waals surface area contributed by atoms with Crippen LogP contribution in [0.25, 0.3) is 0 Å². The molecule has 0 spiro atoms. The minimum atomic E-state index is -3.65. The zero-order valence-corrected chi connectivity index (χ0v) is 21.5. The second kappa shape index (κ2) is 10.1. The first-order valence-corrected chi connectivity index (χ1v) is 13.3. The first-order valence-electron chi connectivity index (χ1n) is 11.9. The van der Waals surface area contributed by atoms with Crippen molar-refractivity contribution in [3.05, 3.63) is 58.9 Å². The van der Waals surface area contributed by atoms with E-state index in [1.54, 1.807) is 12.1 Å². The molecular formula is C25H32F3N5O2S. The molecule has 1 aliphatic carbocycles. The van der Waals surface area contributed by atoms with Crippen molar-refractivity contribution >= 4 is 27.8 Å². The molecule has 2 aromatic rings. The highest BCUT2D eigenvalue weighted by Gasteiger charge is 2.47. The molecular weight excluding hydrogens is 491 g/mol. The van der Waals surface area contributed by atoms with Gasteiger partial charge in [-0.2, -0.15) is 17.0 Å². The van der Waals surface area contributed by atoms with Crippen LogP contribution in [-0.4, -0.2) is 74.3 Å². The minimum Gasteiger partial charge on any atom is -0.355 e. The van der Waals surface area contributed by atoms with E-state index >= 15 is 0 Å². The van der Waals surface area contributed by atoms with Gasteiger partial charge in [-0.05, 0) is 60.4 Å². The third-order valence-electron chi connectivity index (χ3n) is 6.98. The molecule has 1 heterocycles. The molecule has 7 nitrogen and oxygen atoms in total. The van der Waals surface area contributed by atoms with E-state index in [2.05, 4.69) is 10.2 Å². The van der Waals surface area contributed by atoms with Crippen LogP contribution in [0.2, 0.25) is 0 Å². The summed E-state index contributed by atoms with van der Waals surface area (Å²) in [4.78, 5) is 2.10. The third kappa shape index (κ3) is 5.59. The van der Waals surface area contributed by atoms with Crippen molar-refractivity contribution in [3.8, 4) is 0 Å². The highest BCUT2D eigenvalue weighted by atomic mass is 32.2. The highest BCUT2D eigenvalue weighted by molar-refractivity contribution is 7.86. The lowest BCUT2D eigenvalue weighted by Crippen LogP contribution is -2.55. The Balaban J connectivity index is 1.66. The number of rotatable bonds is 8. The van der Waals surface area contributed by atoms with E-state index in [1.807, 2.05) is 19.1 Å². The number of hydrogen-bond acceptors (Lipinski definition) is 5. The average Bonchev–Trinajstić information content (AvgIpc) is 2.80. The Morgan fingerprint density at radius 1 is 1.17 bits per heavy atom. The molecule has 1 saturated heterocycles. The van der Waals surface area contributed by atoms with Gasteiger partial charge in [0.15, 0.2) is 0 Å². The van der Waals surface area contributed by atoms with E-state index in [0.717, 1.165) is 11.1 Å². The van der Waals surface area contributed by atoms with Gasteiger partial charge in [-0.1, -0.05) is 0 Å². The van der Waals surface area contributed by atoms with Crippen LogP contribution < -0.4 is 5.32 Å². The molecule has 2 aliphatic rings. The first-order chi connectivity index (χ1) is 16.9. The van der Waals surface area contributed by atoms with Gasteiger partial charge in [0.25, 0.3) is 10.2 Å². The smallest absolute Gasteiger partial charge is 0.281 e. The van der Waals surface area contributed by atoms with Crippen molar-refractivity contribution in [1.29, 1.82) is 5.41 Å². The SMILES string of the molecule is Cc1cc(Nc2ccc(F)cc2)c(C=N)cc1[C@H]1CN(S(=O)(=O)N(C)C)CCN1CC1CC(F)(F)C1. The van der Waals surface area contributed by atoms with Crippen molar-refractivity contribution in [2.75, 3.05) is 45.6 Å². The summed E-state index contributed by atoms with van der Waals surface area (Å²) >= 11 is 0. The molecule has 11 heteroatoms. The lowest BCUT2D eigenvalue weighted by atomic mass is 9.80. The Morgan fingerprint density at radius 2 is 1.83 bits per heavy atom. The number of nitrogens with zero attached hydrogens (tertiary/aromatic N) is 3. The number of anilines is 2. The predicted octanol–water partition coefficient (Wildman–Crippen LogP) is 4.39. The number of aryl methyl sites for hydroxylation is 1. The van der Waals surface area contributed by atoms with Crippen molar-refractivity contribution in [3.63, 3.8) is 0 Å². The van der Waals surface area contributed by atoms with Gasteiger partial charge in [0.05, 0.1) is 0 Å². The number of piperazine rings is 1. The van der Waals surface area contributed by atoms with Gasteiger partial charge in [-0.25, -0.2) is 13.2 Å². The van der Waals surface area contributed by atoms with Crippen LogP contribution in [0, 0.1) is 24.1 Å². The fourth-order valence-corrected chi connectivity index (χ4v) is 6.12. The number of hydrogen-bond donors (Lipinski definition) is 2. The molecule has 0 aromatic heterocycles. The zero-order chi connectivity index (χ0) is 26.3. The van der Waals surface area contributed by atoms with Crippen molar-refractivity contribution < 1.29 is 21.6 Å².